The Labute approximate surface area is 251 Å². The second-order valence-corrected chi connectivity index (χ2v) is 10.9. The van der Waals surface area contributed by atoms with Crippen molar-refractivity contribution < 1.29 is 13.9 Å². The maximum atomic E-state index is 14.8. The van der Waals surface area contributed by atoms with Crippen LogP contribution in [0.25, 0.3) is 39.4 Å². The number of benzene rings is 3. The smallest absolute Gasteiger partial charge is 0.291 e. The lowest BCUT2D eigenvalue weighted by atomic mass is 10.1. The van der Waals surface area contributed by atoms with Gasteiger partial charge >= 0.3 is 0 Å². The number of unbranched alkanes of at least 4 members (excludes halogenated alkanes) is 2. The molecule has 3 aromatic heterocycles. The number of aromatic nitrogens is 5. The number of halogens is 1. The fourth-order valence-electron chi connectivity index (χ4n) is 4.69. The molecule has 218 valence electrons. The number of nitrogens with zero attached hydrogens (tertiary/aromatic N) is 5. The normalized spacial score (nSPS) is 11.8. The Kier molecular flexibility index (Phi) is 8.28. The minimum atomic E-state index is -0.480. The largest absolute Gasteiger partial charge is 0.494 e. The Bertz CT molecular complexity index is 1970. The van der Waals surface area contributed by atoms with E-state index in [4.69, 9.17) is 14.6 Å². The molecular weight excluding hydrogens is 565 g/mol. The molecule has 0 aliphatic rings. The molecule has 8 nitrogen and oxygen atoms in total. The summed E-state index contributed by atoms with van der Waals surface area (Å²) in [7, 11) is 0. The highest BCUT2D eigenvalue weighted by Gasteiger charge is 2.16. The number of para-hydroxylation sites is 1. The number of thiazole rings is 1. The molecule has 0 aliphatic carbocycles. The monoisotopic (exact) mass is 595 g/mol. The summed E-state index contributed by atoms with van der Waals surface area (Å²) in [6, 6.07) is 21.9. The maximum Gasteiger partial charge on any atom is 0.291 e. The highest BCUT2D eigenvalue weighted by molar-refractivity contribution is 7.15. The number of fused-ring (bicyclic) bond motifs is 1. The van der Waals surface area contributed by atoms with Crippen molar-refractivity contribution in [3.8, 4) is 39.8 Å². The minimum Gasteiger partial charge on any atom is -0.494 e. The molecule has 6 aromatic rings. The first-order chi connectivity index (χ1) is 21.0. The van der Waals surface area contributed by atoms with E-state index in [0.717, 1.165) is 36.3 Å². The van der Waals surface area contributed by atoms with Crippen molar-refractivity contribution in [3.63, 3.8) is 0 Å². The van der Waals surface area contributed by atoms with Gasteiger partial charge in [0, 0.05) is 22.9 Å². The van der Waals surface area contributed by atoms with Gasteiger partial charge in [-0.3, -0.25) is 4.79 Å². The van der Waals surface area contributed by atoms with Gasteiger partial charge in [-0.2, -0.15) is 14.6 Å². The Hall–Kier alpha value is -4.83. The summed E-state index contributed by atoms with van der Waals surface area (Å²) in [5.74, 6) is 0.958. The van der Waals surface area contributed by atoms with E-state index in [2.05, 4.69) is 17.0 Å². The molecule has 0 aliphatic heterocycles. The van der Waals surface area contributed by atoms with Crippen LogP contribution in [0.1, 0.15) is 38.7 Å². The van der Waals surface area contributed by atoms with E-state index >= 15 is 0 Å². The molecule has 0 bridgehead atoms. The second kappa shape index (κ2) is 12.6. The molecule has 0 unspecified atom stereocenters. The molecule has 10 heteroatoms. The first-order valence-corrected chi connectivity index (χ1v) is 15.1. The summed E-state index contributed by atoms with van der Waals surface area (Å²) < 4.78 is 29.5. The molecule has 0 saturated carbocycles. The molecular formula is C33H30FN5O3S. The maximum absolute atomic E-state index is 14.8. The molecule has 0 saturated heterocycles. The van der Waals surface area contributed by atoms with Crippen LogP contribution in [-0.2, 0) is 0 Å². The van der Waals surface area contributed by atoms with Crippen LogP contribution in [0.15, 0.2) is 83.8 Å². The number of rotatable bonds is 11. The third-order valence-corrected chi connectivity index (χ3v) is 7.83. The average Bonchev–Trinajstić information content (AvgIpc) is 3.72. The van der Waals surface area contributed by atoms with E-state index < -0.39 is 5.82 Å². The van der Waals surface area contributed by atoms with Gasteiger partial charge in [-0.1, -0.05) is 49.3 Å². The summed E-state index contributed by atoms with van der Waals surface area (Å²) in [5.41, 5.74) is 3.10. The summed E-state index contributed by atoms with van der Waals surface area (Å²) in [4.78, 5) is 18.5. The van der Waals surface area contributed by atoms with Gasteiger partial charge in [-0.15, -0.1) is 5.10 Å². The van der Waals surface area contributed by atoms with Crippen molar-refractivity contribution in [2.75, 3.05) is 13.2 Å². The van der Waals surface area contributed by atoms with E-state index in [-0.39, 0.29) is 11.3 Å². The Balaban J connectivity index is 1.34. The molecule has 0 radical (unpaired) electrons. The topological polar surface area (TPSA) is 83.5 Å². The molecule has 0 atom stereocenters. The molecule has 6 rings (SSSR count). The predicted octanol–water partition coefficient (Wildman–Crippen LogP) is 6.33. The summed E-state index contributed by atoms with van der Waals surface area (Å²) in [6.07, 6.45) is 6.89. The predicted molar refractivity (Wildman–Crippen MR) is 167 cm³/mol. The van der Waals surface area contributed by atoms with Crippen LogP contribution in [0.4, 0.5) is 4.39 Å². The van der Waals surface area contributed by atoms with Gasteiger partial charge < -0.3 is 9.47 Å². The van der Waals surface area contributed by atoms with E-state index in [1.165, 1.54) is 21.9 Å². The van der Waals surface area contributed by atoms with Gasteiger partial charge in [0.1, 0.15) is 11.4 Å². The lowest BCUT2D eigenvalue weighted by Gasteiger charge is -2.06. The molecule has 3 aromatic carbocycles. The highest BCUT2D eigenvalue weighted by Crippen LogP contribution is 2.29. The van der Waals surface area contributed by atoms with Crippen molar-refractivity contribution in [1.82, 2.24) is 24.4 Å². The molecule has 0 amide bonds. The zero-order valence-corrected chi connectivity index (χ0v) is 24.7. The van der Waals surface area contributed by atoms with E-state index in [9.17, 15) is 9.18 Å². The van der Waals surface area contributed by atoms with Crippen molar-refractivity contribution in [3.05, 3.63) is 105 Å². The molecule has 0 spiro atoms. The fourth-order valence-corrected chi connectivity index (χ4v) is 5.59. The van der Waals surface area contributed by atoms with Gasteiger partial charge in [-0.05, 0) is 74.0 Å². The van der Waals surface area contributed by atoms with Gasteiger partial charge in [0.25, 0.3) is 5.56 Å². The lowest BCUT2D eigenvalue weighted by molar-refractivity contribution is 0.306. The van der Waals surface area contributed by atoms with Gasteiger partial charge in [0.15, 0.2) is 17.4 Å². The first-order valence-electron chi connectivity index (χ1n) is 14.3. The van der Waals surface area contributed by atoms with Crippen LogP contribution in [0.5, 0.6) is 11.5 Å². The molecule has 3 heterocycles. The van der Waals surface area contributed by atoms with Crippen LogP contribution in [-0.4, -0.2) is 37.6 Å². The van der Waals surface area contributed by atoms with E-state index in [0.29, 0.717) is 45.4 Å². The van der Waals surface area contributed by atoms with Crippen LogP contribution in [0.2, 0.25) is 0 Å². The third kappa shape index (κ3) is 6.05. The molecule has 0 N–H and O–H groups in total. The van der Waals surface area contributed by atoms with Crippen LogP contribution >= 0.6 is 11.3 Å². The third-order valence-electron chi connectivity index (χ3n) is 6.87. The number of hydrogen-bond donors (Lipinski definition) is 0. The average molecular weight is 596 g/mol. The van der Waals surface area contributed by atoms with Gasteiger partial charge in [0.05, 0.1) is 23.4 Å². The van der Waals surface area contributed by atoms with Crippen molar-refractivity contribution in [2.24, 2.45) is 0 Å². The standard InChI is InChI=1S/C33H30FN5O3S/c1-3-5-9-18-42-26-15-12-22(13-16-26)31-35-33-39(37-31)32(40)29(43-33)20-24-21-38(25-10-7-6-8-11-25)36-30(24)23-14-17-28(41-4-2)27(34)19-23/h6-8,10-17,19-21H,3-5,9,18H2,1-2H3/b29-20-. The zero-order chi connectivity index (χ0) is 29.8. The SMILES string of the molecule is CCCCCOc1ccc(-c2nc3s/c(=C\c4cn(-c5ccccc5)nc4-c4ccc(OCC)c(F)c4)c(=O)n3n2)cc1. The fraction of sp³-hybridized carbons (Fsp3) is 0.212. The Morgan fingerprint density at radius 1 is 0.930 bits per heavy atom. The van der Waals surface area contributed by atoms with Gasteiger partial charge in [-0.25, -0.2) is 9.07 Å². The van der Waals surface area contributed by atoms with Crippen LogP contribution < -0.4 is 19.6 Å². The van der Waals surface area contributed by atoms with E-state index in [1.54, 1.807) is 29.8 Å². The highest BCUT2D eigenvalue weighted by atomic mass is 32.1. The molecule has 43 heavy (non-hydrogen) atoms. The molecule has 0 fully saturated rings. The Morgan fingerprint density at radius 2 is 1.72 bits per heavy atom. The van der Waals surface area contributed by atoms with Crippen LogP contribution in [0, 0.1) is 5.82 Å². The van der Waals surface area contributed by atoms with Crippen molar-refractivity contribution in [1.29, 1.82) is 0 Å². The van der Waals surface area contributed by atoms with Crippen molar-refractivity contribution in [2.45, 2.75) is 33.1 Å². The second-order valence-electron chi connectivity index (χ2n) is 9.92. The summed E-state index contributed by atoms with van der Waals surface area (Å²) >= 11 is 1.24. The van der Waals surface area contributed by atoms with Gasteiger partial charge in [0.2, 0.25) is 4.96 Å². The van der Waals surface area contributed by atoms with Crippen LogP contribution in [0.3, 0.4) is 0 Å². The summed E-state index contributed by atoms with van der Waals surface area (Å²) in [6.45, 7) is 5.01. The zero-order valence-electron chi connectivity index (χ0n) is 23.9. The van der Waals surface area contributed by atoms with Crippen molar-refractivity contribution >= 4 is 22.4 Å². The Morgan fingerprint density at radius 3 is 2.44 bits per heavy atom. The lowest BCUT2D eigenvalue weighted by Crippen LogP contribution is -2.23. The minimum absolute atomic E-state index is 0.177. The first kappa shape index (κ1) is 28.3. The van der Waals surface area contributed by atoms with E-state index in [1.807, 2.05) is 60.8 Å². The quantitative estimate of drug-likeness (QED) is 0.163. The summed E-state index contributed by atoms with van der Waals surface area (Å²) in [5, 5.41) is 9.25. The number of hydrogen-bond acceptors (Lipinski definition) is 7. The number of ether oxygens (including phenoxy) is 2.